The smallest absolute Gasteiger partial charge is 0.0241 e. The standard InChI is InChI=1S/C13H26N2S/c1-13(2)6-8-16-10-12(13)15-7-4-3-5-11(15)9-14/h11-12H,3-10,14H2,1-2H3. The first-order valence-electron chi connectivity index (χ1n) is 6.69. The largest absolute Gasteiger partial charge is 0.329 e. The maximum Gasteiger partial charge on any atom is 0.0241 e. The van der Waals surface area contributed by atoms with Crippen molar-refractivity contribution in [3.8, 4) is 0 Å². The van der Waals surface area contributed by atoms with E-state index in [-0.39, 0.29) is 0 Å². The van der Waals surface area contributed by atoms with Crippen molar-refractivity contribution in [2.75, 3.05) is 24.6 Å². The Morgan fingerprint density at radius 2 is 2.19 bits per heavy atom. The number of rotatable bonds is 2. The number of nitrogens with two attached hydrogens (primary N) is 1. The summed E-state index contributed by atoms with van der Waals surface area (Å²) in [6.45, 7) is 7.01. The number of piperidine rings is 1. The molecule has 0 radical (unpaired) electrons. The molecule has 2 saturated heterocycles. The van der Waals surface area contributed by atoms with E-state index in [0.717, 1.165) is 12.6 Å². The second kappa shape index (κ2) is 5.28. The van der Waals surface area contributed by atoms with Gasteiger partial charge in [0.15, 0.2) is 0 Å². The Morgan fingerprint density at radius 1 is 1.38 bits per heavy atom. The average Bonchev–Trinajstić information content (AvgIpc) is 2.28. The lowest BCUT2D eigenvalue weighted by molar-refractivity contribution is 0.0384. The van der Waals surface area contributed by atoms with Crippen molar-refractivity contribution in [2.45, 2.75) is 51.6 Å². The molecule has 2 rings (SSSR count). The third-order valence-electron chi connectivity index (χ3n) is 4.41. The minimum atomic E-state index is 0.482. The number of hydrogen-bond donors (Lipinski definition) is 1. The lowest BCUT2D eigenvalue weighted by Gasteiger charge is -2.49. The summed E-state index contributed by atoms with van der Waals surface area (Å²) in [6.07, 6.45) is 5.41. The fourth-order valence-corrected chi connectivity index (χ4v) is 4.86. The summed E-state index contributed by atoms with van der Waals surface area (Å²) < 4.78 is 0. The summed E-state index contributed by atoms with van der Waals surface area (Å²) in [5.41, 5.74) is 6.42. The Morgan fingerprint density at radius 3 is 2.88 bits per heavy atom. The van der Waals surface area contributed by atoms with Gasteiger partial charge in [-0.3, -0.25) is 4.90 Å². The second-order valence-electron chi connectivity index (χ2n) is 5.95. The van der Waals surface area contributed by atoms with Gasteiger partial charge in [-0.25, -0.2) is 0 Å². The van der Waals surface area contributed by atoms with Gasteiger partial charge in [0.1, 0.15) is 0 Å². The van der Waals surface area contributed by atoms with Gasteiger partial charge >= 0.3 is 0 Å². The zero-order valence-corrected chi connectivity index (χ0v) is 11.6. The third kappa shape index (κ3) is 2.57. The van der Waals surface area contributed by atoms with Crippen LogP contribution in [0.3, 0.4) is 0 Å². The van der Waals surface area contributed by atoms with Crippen molar-refractivity contribution in [3.63, 3.8) is 0 Å². The van der Waals surface area contributed by atoms with Crippen molar-refractivity contribution in [1.29, 1.82) is 0 Å². The Kier molecular flexibility index (Phi) is 4.20. The molecular formula is C13H26N2S. The van der Waals surface area contributed by atoms with Gasteiger partial charge in [-0.1, -0.05) is 20.3 Å². The molecule has 16 heavy (non-hydrogen) atoms. The minimum Gasteiger partial charge on any atom is -0.329 e. The normalized spacial score (nSPS) is 36.2. The molecular weight excluding hydrogens is 216 g/mol. The van der Waals surface area contributed by atoms with Crippen LogP contribution in [-0.2, 0) is 0 Å². The van der Waals surface area contributed by atoms with Gasteiger partial charge in [0, 0.05) is 24.4 Å². The Hall–Kier alpha value is 0.270. The van der Waals surface area contributed by atoms with Gasteiger partial charge in [0.05, 0.1) is 0 Å². The van der Waals surface area contributed by atoms with Crippen LogP contribution in [0.2, 0.25) is 0 Å². The molecule has 2 fully saturated rings. The summed E-state index contributed by atoms with van der Waals surface area (Å²) in [6, 6.07) is 1.40. The van der Waals surface area contributed by atoms with E-state index < -0.39 is 0 Å². The summed E-state index contributed by atoms with van der Waals surface area (Å²) in [4.78, 5) is 2.73. The van der Waals surface area contributed by atoms with Crippen LogP contribution in [0.15, 0.2) is 0 Å². The summed E-state index contributed by atoms with van der Waals surface area (Å²) in [5, 5.41) is 0. The summed E-state index contributed by atoms with van der Waals surface area (Å²) >= 11 is 2.13. The predicted octanol–water partition coefficient (Wildman–Crippen LogP) is 2.33. The van der Waals surface area contributed by atoms with Crippen LogP contribution in [0.5, 0.6) is 0 Å². The maximum atomic E-state index is 5.94. The van der Waals surface area contributed by atoms with E-state index in [1.54, 1.807) is 0 Å². The van der Waals surface area contributed by atoms with Crippen molar-refractivity contribution in [3.05, 3.63) is 0 Å². The molecule has 2 unspecified atom stereocenters. The molecule has 3 heteroatoms. The molecule has 0 aromatic carbocycles. The maximum absolute atomic E-state index is 5.94. The minimum absolute atomic E-state index is 0.482. The molecule has 0 aromatic heterocycles. The lowest BCUT2D eigenvalue weighted by Crippen LogP contribution is -2.56. The molecule has 94 valence electrons. The lowest BCUT2D eigenvalue weighted by atomic mass is 9.80. The first-order valence-corrected chi connectivity index (χ1v) is 7.84. The van der Waals surface area contributed by atoms with E-state index in [1.807, 2.05) is 0 Å². The van der Waals surface area contributed by atoms with E-state index in [2.05, 4.69) is 30.5 Å². The first kappa shape index (κ1) is 12.7. The van der Waals surface area contributed by atoms with Crippen LogP contribution < -0.4 is 5.73 Å². The highest BCUT2D eigenvalue weighted by Crippen LogP contribution is 2.39. The van der Waals surface area contributed by atoms with Gasteiger partial charge in [0.25, 0.3) is 0 Å². The molecule has 2 N–H and O–H groups in total. The molecule has 0 amide bonds. The molecule has 0 bridgehead atoms. The molecule has 2 atom stereocenters. The quantitative estimate of drug-likeness (QED) is 0.806. The molecule has 2 heterocycles. The van der Waals surface area contributed by atoms with Crippen LogP contribution in [0.1, 0.15) is 39.5 Å². The van der Waals surface area contributed by atoms with E-state index in [1.165, 1.54) is 43.7 Å². The molecule has 0 spiro atoms. The van der Waals surface area contributed by atoms with Crippen LogP contribution >= 0.6 is 11.8 Å². The van der Waals surface area contributed by atoms with E-state index in [4.69, 9.17) is 5.73 Å². The van der Waals surface area contributed by atoms with Gasteiger partial charge in [-0.15, -0.1) is 0 Å². The van der Waals surface area contributed by atoms with Crippen molar-refractivity contribution >= 4 is 11.8 Å². The zero-order chi connectivity index (χ0) is 11.6. The molecule has 2 nitrogen and oxygen atoms in total. The van der Waals surface area contributed by atoms with Crippen LogP contribution in [0.4, 0.5) is 0 Å². The molecule has 2 aliphatic heterocycles. The monoisotopic (exact) mass is 242 g/mol. The van der Waals surface area contributed by atoms with Gasteiger partial charge in [0.2, 0.25) is 0 Å². The number of likely N-dealkylation sites (tertiary alicyclic amines) is 1. The molecule has 0 saturated carbocycles. The fraction of sp³-hybridized carbons (Fsp3) is 1.00. The highest BCUT2D eigenvalue weighted by molar-refractivity contribution is 7.99. The molecule has 0 aromatic rings. The van der Waals surface area contributed by atoms with E-state index in [0.29, 0.717) is 11.5 Å². The topological polar surface area (TPSA) is 29.3 Å². The van der Waals surface area contributed by atoms with Gasteiger partial charge < -0.3 is 5.73 Å². The van der Waals surface area contributed by atoms with Gasteiger partial charge in [-0.05, 0) is 37.0 Å². The number of thioether (sulfide) groups is 1. The first-order chi connectivity index (χ1) is 7.65. The number of hydrogen-bond acceptors (Lipinski definition) is 3. The zero-order valence-electron chi connectivity index (χ0n) is 10.7. The molecule has 0 aliphatic carbocycles. The Labute approximate surface area is 104 Å². The van der Waals surface area contributed by atoms with E-state index in [9.17, 15) is 0 Å². The van der Waals surface area contributed by atoms with Crippen LogP contribution in [0, 0.1) is 5.41 Å². The predicted molar refractivity (Wildman–Crippen MR) is 72.9 cm³/mol. The van der Waals surface area contributed by atoms with E-state index >= 15 is 0 Å². The summed E-state index contributed by atoms with van der Waals surface area (Å²) in [5.74, 6) is 2.65. The Balaban J connectivity index is 2.08. The average molecular weight is 242 g/mol. The van der Waals surface area contributed by atoms with Crippen molar-refractivity contribution < 1.29 is 0 Å². The Bertz CT molecular complexity index is 230. The van der Waals surface area contributed by atoms with Crippen LogP contribution in [0.25, 0.3) is 0 Å². The SMILES string of the molecule is CC1(C)CCSCC1N1CCCCC1CN. The van der Waals surface area contributed by atoms with Crippen molar-refractivity contribution in [1.82, 2.24) is 4.90 Å². The third-order valence-corrected chi connectivity index (χ3v) is 5.46. The highest BCUT2D eigenvalue weighted by Gasteiger charge is 2.39. The summed E-state index contributed by atoms with van der Waals surface area (Å²) in [7, 11) is 0. The van der Waals surface area contributed by atoms with Crippen molar-refractivity contribution in [2.24, 2.45) is 11.1 Å². The van der Waals surface area contributed by atoms with Gasteiger partial charge in [-0.2, -0.15) is 11.8 Å². The fourth-order valence-electron chi connectivity index (χ4n) is 3.15. The van der Waals surface area contributed by atoms with Crippen LogP contribution in [-0.4, -0.2) is 41.6 Å². The second-order valence-corrected chi connectivity index (χ2v) is 7.10. The molecule has 2 aliphatic rings. The number of nitrogens with zero attached hydrogens (tertiary/aromatic N) is 1. The highest BCUT2D eigenvalue weighted by atomic mass is 32.2.